The summed E-state index contributed by atoms with van der Waals surface area (Å²) in [7, 11) is 0. The number of ether oxygens (including phenoxy) is 1. The van der Waals surface area contributed by atoms with Crippen molar-refractivity contribution in [3.8, 4) is 0 Å². The van der Waals surface area contributed by atoms with Gasteiger partial charge in [-0.15, -0.1) is 0 Å². The van der Waals surface area contributed by atoms with E-state index in [4.69, 9.17) is 4.74 Å². The molecule has 0 spiro atoms. The van der Waals surface area contributed by atoms with E-state index in [2.05, 4.69) is 9.98 Å². The van der Waals surface area contributed by atoms with Crippen LogP contribution in [0, 0.1) is 5.92 Å². The third kappa shape index (κ3) is 1.99. The Hall–Kier alpha value is -1.91. The standard InChI is InChI=1S/C14H16N2O3/c1-2-19-14(18)13-12-8(7-15-13)6-9-10(16-12)4-3-5-11(9)17/h7,9,15H,2-6H2,1H3. The first kappa shape index (κ1) is 12.1. The molecule has 1 fully saturated rings. The van der Waals surface area contributed by atoms with Crippen LogP contribution in [0.5, 0.6) is 0 Å². The lowest BCUT2D eigenvalue weighted by molar-refractivity contribution is -0.121. The maximum atomic E-state index is 11.9. The van der Waals surface area contributed by atoms with E-state index in [1.807, 2.05) is 0 Å². The molecule has 1 aliphatic heterocycles. The number of fused-ring (bicyclic) bond motifs is 2. The lowest BCUT2D eigenvalue weighted by Crippen LogP contribution is -2.32. The molecule has 0 radical (unpaired) electrons. The van der Waals surface area contributed by atoms with Gasteiger partial charge in [-0.3, -0.25) is 9.79 Å². The number of hydrogen-bond acceptors (Lipinski definition) is 4. The highest BCUT2D eigenvalue weighted by molar-refractivity contribution is 6.10. The molecule has 1 unspecified atom stereocenters. The molecule has 1 atom stereocenters. The van der Waals surface area contributed by atoms with Gasteiger partial charge in [-0.2, -0.15) is 0 Å². The number of carbonyl (C=O) groups excluding carboxylic acids is 2. The molecule has 2 heterocycles. The Bertz CT molecular complexity index is 571. The smallest absolute Gasteiger partial charge is 0.357 e. The first-order valence-electron chi connectivity index (χ1n) is 6.68. The summed E-state index contributed by atoms with van der Waals surface area (Å²) in [6.45, 7) is 2.11. The molecule has 1 aromatic rings. The molecule has 3 rings (SSSR count). The molecule has 1 aliphatic carbocycles. The Balaban J connectivity index is 1.97. The summed E-state index contributed by atoms with van der Waals surface area (Å²) < 4.78 is 5.00. The van der Waals surface area contributed by atoms with E-state index in [1.165, 1.54) is 0 Å². The van der Waals surface area contributed by atoms with Crippen LogP contribution in [-0.2, 0) is 16.0 Å². The second-order valence-electron chi connectivity index (χ2n) is 4.94. The van der Waals surface area contributed by atoms with Crippen LogP contribution < -0.4 is 0 Å². The normalized spacial score (nSPS) is 21.4. The van der Waals surface area contributed by atoms with E-state index >= 15 is 0 Å². The van der Waals surface area contributed by atoms with Crippen LogP contribution in [0.2, 0.25) is 0 Å². The summed E-state index contributed by atoms with van der Waals surface area (Å²) in [6, 6.07) is 0. The largest absolute Gasteiger partial charge is 0.461 e. The SMILES string of the molecule is CCOC(=O)c1[nH]cc2c1N=C1CCCC(=O)C1C2. The zero-order chi connectivity index (χ0) is 13.4. The number of Topliss-reactive ketones (excluding diaryl/α,β-unsaturated/α-hetero) is 1. The summed E-state index contributed by atoms with van der Waals surface area (Å²) >= 11 is 0. The van der Waals surface area contributed by atoms with Crippen LogP contribution in [-0.4, -0.2) is 29.1 Å². The van der Waals surface area contributed by atoms with Gasteiger partial charge in [-0.05, 0) is 31.7 Å². The Labute approximate surface area is 111 Å². The molecule has 1 N–H and O–H groups in total. The minimum Gasteiger partial charge on any atom is -0.461 e. The number of carbonyl (C=O) groups is 2. The lowest BCUT2D eigenvalue weighted by atomic mass is 9.80. The highest BCUT2D eigenvalue weighted by atomic mass is 16.5. The Kier molecular flexibility index (Phi) is 2.97. The number of nitrogens with zero attached hydrogens (tertiary/aromatic N) is 1. The van der Waals surface area contributed by atoms with E-state index in [0.717, 1.165) is 24.1 Å². The van der Waals surface area contributed by atoms with Crippen molar-refractivity contribution in [3.63, 3.8) is 0 Å². The number of esters is 1. The minimum absolute atomic E-state index is 0.0768. The van der Waals surface area contributed by atoms with Gasteiger partial charge in [0.1, 0.15) is 5.78 Å². The van der Waals surface area contributed by atoms with E-state index in [-0.39, 0.29) is 17.7 Å². The van der Waals surface area contributed by atoms with Crippen LogP contribution in [0.25, 0.3) is 0 Å². The van der Waals surface area contributed by atoms with Crippen LogP contribution in [0.15, 0.2) is 11.2 Å². The number of H-pyrrole nitrogens is 1. The molecule has 1 aromatic heterocycles. The molecular weight excluding hydrogens is 244 g/mol. The van der Waals surface area contributed by atoms with Gasteiger partial charge in [0.2, 0.25) is 0 Å². The molecule has 5 heteroatoms. The molecule has 5 nitrogen and oxygen atoms in total. The average Bonchev–Trinajstić information content (AvgIpc) is 2.80. The van der Waals surface area contributed by atoms with Gasteiger partial charge < -0.3 is 9.72 Å². The summed E-state index contributed by atoms with van der Waals surface area (Å²) in [6.07, 6.45) is 4.78. The van der Waals surface area contributed by atoms with Crippen LogP contribution >= 0.6 is 0 Å². The summed E-state index contributed by atoms with van der Waals surface area (Å²) in [5, 5.41) is 0. The van der Waals surface area contributed by atoms with Crippen molar-refractivity contribution in [3.05, 3.63) is 17.5 Å². The van der Waals surface area contributed by atoms with Crippen molar-refractivity contribution >= 4 is 23.2 Å². The Morgan fingerprint density at radius 3 is 3.16 bits per heavy atom. The zero-order valence-electron chi connectivity index (χ0n) is 10.9. The van der Waals surface area contributed by atoms with Crippen LogP contribution in [0.3, 0.4) is 0 Å². The van der Waals surface area contributed by atoms with Crippen molar-refractivity contribution < 1.29 is 14.3 Å². The molecule has 19 heavy (non-hydrogen) atoms. The fourth-order valence-electron chi connectivity index (χ4n) is 2.81. The number of hydrogen-bond donors (Lipinski definition) is 1. The van der Waals surface area contributed by atoms with E-state index in [0.29, 0.717) is 30.8 Å². The molecule has 1 saturated carbocycles. The van der Waals surface area contributed by atoms with E-state index in [9.17, 15) is 9.59 Å². The molecule has 0 bridgehead atoms. The maximum absolute atomic E-state index is 11.9. The van der Waals surface area contributed by atoms with Crippen LogP contribution in [0.1, 0.15) is 42.2 Å². The Morgan fingerprint density at radius 1 is 1.53 bits per heavy atom. The van der Waals surface area contributed by atoms with Gasteiger partial charge in [0.05, 0.1) is 18.2 Å². The number of aromatic nitrogens is 1. The van der Waals surface area contributed by atoms with E-state index in [1.54, 1.807) is 13.1 Å². The topological polar surface area (TPSA) is 71.5 Å². The predicted molar refractivity (Wildman–Crippen MR) is 69.9 cm³/mol. The molecule has 100 valence electrons. The number of aromatic amines is 1. The fourth-order valence-corrected chi connectivity index (χ4v) is 2.81. The summed E-state index contributed by atoms with van der Waals surface area (Å²) in [5.41, 5.74) is 2.93. The quantitative estimate of drug-likeness (QED) is 0.828. The predicted octanol–water partition coefficient (Wildman–Crippen LogP) is 2.19. The summed E-state index contributed by atoms with van der Waals surface area (Å²) in [4.78, 5) is 31.2. The fraction of sp³-hybridized carbons (Fsp3) is 0.500. The highest BCUT2D eigenvalue weighted by Gasteiger charge is 2.34. The average molecular weight is 260 g/mol. The third-order valence-electron chi connectivity index (χ3n) is 3.74. The molecule has 0 saturated heterocycles. The number of rotatable bonds is 2. The monoisotopic (exact) mass is 260 g/mol. The van der Waals surface area contributed by atoms with Gasteiger partial charge in [0, 0.05) is 18.3 Å². The second-order valence-corrected chi connectivity index (χ2v) is 4.94. The number of aliphatic imine (C=N–C) groups is 1. The van der Waals surface area contributed by atoms with Crippen LogP contribution in [0.4, 0.5) is 5.69 Å². The zero-order valence-corrected chi connectivity index (χ0v) is 10.9. The van der Waals surface area contributed by atoms with Gasteiger partial charge in [0.15, 0.2) is 5.69 Å². The highest BCUT2D eigenvalue weighted by Crippen LogP contribution is 2.36. The molecule has 0 aromatic carbocycles. The maximum Gasteiger partial charge on any atom is 0.357 e. The van der Waals surface area contributed by atoms with Crippen molar-refractivity contribution in [1.29, 1.82) is 0 Å². The van der Waals surface area contributed by atoms with Gasteiger partial charge in [-0.1, -0.05) is 0 Å². The lowest BCUT2D eigenvalue weighted by Gasteiger charge is -2.26. The third-order valence-corrected chi connectivity index (χ3v) is 3.74. The number of ketones is 1. The second kappa shape index (κ2) is 4.64. The van der Waals surface area contributed by atoms with Crippen molar-refractivity contribution in [2.45, 2.75) is 32.6 Å². The van der Waals surface area contributed by atoms with Crippen molar-refractivity contribution in [2.75, 3.05) is 6.61 Å². The van der Waals surface area contributed by atoms with Gasteiger partial charge >= 0.3 is 5.97 Å². The van der Waals surface area contributed by atoms with Crippen molar-refractivity contribution in [2.24, 2.45) is 10.9 Å². The van der Waals surface area contributed by atoms with Gasteiger partial charge in [0.25, 0.3) is 0 Å². The Morgan fingerprint density at radius 2 is 2.37 bits per heavy atom. The van der Waals surface area contributed by atoms with E-state index < -0.39 is 0 Å². The van der Waals surface area contributed by atoms with Gasteiger partial charge in [-0.25, -0.2) is 4.79 Å². The first-order valence-corrected chi connectivity index (χ1v) is 6.68. The summed E-state index contributed by atoms with van der Waals surface area (Å²) in [5.74, 6) is -0.185. The molecular formula is C14H16N2O3. The minimum atomic E-state index is -0.381. The molecule has 2 aliphatic rings. The molecule has 0 amide bonds. The van der Waals surface area contributed by atoms with Crippen molar-refractivity contribution in [1.82, 2.24) is 4.98 Å². The first-order chi connectivity index (χ1) is 9.20. The number of nitrogens with one attached hydrogen (secondary N) is 1.